The van der Waals surface area contributed by atoms with E-state index in [0.29, 0.717) is 6.10 Å². The molecule has 1 fully saturated rings. The maximum absolute atomic E-state index is 6.02. The quantitative estimate of drug-likeness (QED) is 0.774. The van der Waals surface area contributed by atoms with E-state index >= 15 is 0 Å². The number of halogens is 1. The van der Waals surface area contributed by atoms with Crippen molar-refractivity contribution in [3.8, 4) is 5.75 Å². The van der Waals surface area contributed by atoms with E-state index in [4.69, 9.17) is 4.74 Å². The van der Waals surface area contributed by atoms with E-state index in [1.165, 1.54) is 32.1 Å². The summed E-state index contributed by atoms with van der Waals surface area (Å²) in [5.41, 5.74) is 0. The van der Waals surface area contributed by atoms with Gasteiger partial charge in [0.2, 0.25) is 0 Å². The van der Waals surface area contributed by atoms with Gasteiger partial charge in [0.15, 0.2) is 0 Å². The molecule has 0 bridgehead atoms. The zero-order valence-corrected chi connectivity index (χ0v) is 11.4. The van der Waals surface area contributed by atoms with Gasteiger partial charge in [-0.3, -0.25) is 0 Å². The van der Waals surface area contributed by atoms with Crippen LogP contribution in [0, 0.1) is 5.92 Å². The summed E-state index contributed by atoms with van der Waals surface area (Å²) in [7, 11) is 0. The number of ether oxygens (including phenoxy) is 1. The van der Waals surface area contributed by atoms with Crippen molar-refractivity contribution >= 4 is 15.9 Å². The molecule has 0 radical (unpaired) electrons. The van der Waals surface area contributed by atoms with Crippen LogP contribution >= 0.6 is 15.9 Å². The highest BCUT2D eigenvalue weighted by Gasteiger charge is 2.21. The zero-order valence-electron chi connectivity index (χ0n) is 9.79. The fraction of sp³-hybridized carbons (Fsp3) is 0.571. The van der Waals surface area contributed by atoms with Gasteiger partial charge in [0.25, 0.3) is 0 Å². The molecule has 1 aliphatic carbocycles. The zero-order chi connectivity index (χ0) is 11.4. The van der Waals surface area contributed by atoms with Crippen molar-refractivity contribution < 1.29 is 4.74 Å². The Morgan fingerprint density at radius 1 is 1.25 bits per heavy atom. The lowest BCUT2D eigenvalue weighted by molar-refractivity contribution is 0.122. The van der Waals surface area contributed by atoms with Gasteiger partial charge in [-0.1, -0.05) is 35.7 Å². The molecule has 2 heteroatoms. The molecule has 1 aliphatic rings. The third-order valence-electron chi connectivity index (χ3n) is 3.43. The van der Waals surface area contributed by atoms with Gasteiger partial charge >= 0.3 is 0 Å². The molecular formula is C14H19BrO. The molecule has 0 heterocycles. The van der Waals surface area contributed by atoms with Crippen LogP contribution in [0.15, 0.2) is 28.7 Å². The predicted molar refractivity (Wildman–Crippen MR) is 70.8 cm³/mol. The molecule has 0 spiro atoms. The molecule has 0 saturated heterocycles. The fourth-order valence-electron chi connectivity index (χ4n) is 2.43. The number of benzene rings is 1. The minimum Gasteiger partial charge on any atom is -0.490 e. The normalized spacial score (nSPS) is 25.4. The van der Waals surface area contributed by atoms with Gasteiger partial charge in [-0.25, -0.2) is 0 Å². The Morgan fingerprint density at radius 3 is 2.69 bits per heavy atom. The molecule has 0 aliphatic heterocycles. The molecule has 1 saturated carbocycles. The van der Waals surface area contributed by atoms with Gasteiger partial charge in [0.1, 0.15) is 5.75 Å². The fourth-order valence-corrected chi connectivity index (χ4v) is 2.69. The molecule has 1 aromatic carbocycles. The number of rotatable bonds is 3. The number of hydrogen-bond acceptors (Lipinski definition) is 1. The van der Waals surface area contributed by atoms with Gasteiger partial charge in [-0.2, -0.15) is 0 Å². The van der Waals surface area contributed by atoms with Crippen molar-refractivity contribution in [2.45, 2.75) is 45.1 Å². The molecule has 0 amide bonds. The average molecular weight is 283 g/mol. The summed E-state index contributed by atoms with van der Waals surface area (Å²) >= 11 is 3.44. The summed E-state index contributed by atoms with van der Waals surface area (Å²) in [5.74, 6) is 1.87. The van der Waals surface area contributed by atoms with E-state index in [0.717, 1.165) is 16.1 Å². The third-order valence-corrected chi connectivity index (χ3v) is 3.96. The van der Waals surface area contributed by atoms with Crippen LogP contribution in [0.5, 0.6) is 5.75 Å². The Kier molecular flexibility index (Phi) is 4.28. The lowest BCUT2D eigenvalue weighted by Gasteiger charge is -2.28. The molecule has 2 rings (SSSR count). The molecule has 1 aromatic rings. The molecule has 2 atom stereocenters. The molecule has 1 nitrogen and oxygen atoms in total. The van der Waals surface area contributed by atoms with E-state index in [1.807, 2.05) is 24.3 Å². The Morgan fingerprint density at radius 2 is 2.00 bits per heavy atom. The summed E-state index contributed by atoms with van der Waals surface area (Å²) < 4.78 is 7.13. The van der Waals surface area contributed by atoms with Crippen LogP contribution in [0.4, 0.5) is 0 Å². The van der Waals surface area contributed by atoms with Crippen molar-refractivity contribution in [3.05, 3.63) is 28.7 Å². The summed E-state index contributed by atoms with van der Waals surface area (Å²) in [5, 5.41) is 0. The van der Waals surface area contributed by atoms with E-state index < -0.39 is 0 Å². The molecule has 16 heavy (non-hydrogen) atoms. The first-order valence-electron chi connectivity index (χ1n) is 6.20. The Labute approximate surface area is 106 Å². The van der Waals surface area contributed by atoms with Crippen molar-refractivity contribution in [2.24, 2.45) is 5.92 Å². The van der Waals surface area contributed by atoms with Crippen LogP contribution in [-0.4, -0.2) is 6.10 Å². The predicted octanol–water partition coefficient (Wildman–Crippen LogP) is 4.80. The summed E-state index contributed by atoms with van der Waals surface area (Å²) in [6.45, 7) is 2.28. The topological polar surface area (TPSA) is 9.23 Å². The highest BCUT2D eigenvalue weighted by atomic mass is 79.9. The summed E-state index contributed by atoms with van der Waals surface area (Å²) in [4.78, 5) is 0. The molecule has 0 N–H and O–H groups in total. The van der Waals surface area contributed by atoms with Crippen molar-refractivity contribution in [1.82, 2.24) is 0 Å². The van der Waals surface area contributed by atoms with Crippen LogP contribution in [-0.2, 0) is 0 Å². The molecule has 2 unspecified atom stereocenters. The van der Waals surface area contributed by atoms with Gasteiger partial charge in [0, 0.05) is 4.47 Å². The van der Waals surface area contributed by atoms with Crippen LogP contribution in [0.25, 0.3) is 0 Å². The average Bonchev–Trinajstić information content (AvgIpc) is 2.32. The lowest BCUT2D eigenvalue weighted by Crippen LogP contribution is -2.25. The maximum Gasteiger partial charge on any atom is 0.119 e. The smallest absolute Gasteiger partial charge is 0.119 e. The van der Waals surface area contributed by atoms with Crippen LogP contribution in [0.3, 0.4) is 0 Å². The van der Waals surface area contributed by atoms with Crippen LogP contribution < -0.4 is 4.74 Å². The molecule has 0 aromatic heterocycles. The van der Waals surface area contributed by atoms with Crippen molar-refractivity contribution in [2.75, 3.05) is 0 Å². The molecular weight excluding hydrogens is 264 g/mol. The van der Waals surface area contributed by atoms with E-state index in [9.17, 15) is 0 Å². The second kappa shape index (κ2) is 5.72. The molecule has 88 valence electrons. The van der Waals surface area contributed by atoms with Crippen LogP contribution in [0.2, 0.25) is 0 Å². The highest BCUT2D eigenvalue weighted by Crippen LogP contribution is 2.29. The first-order chi connectivity index (χ1) is 7.78. The Hall–Kier alpha value is -0.500. The Balaban J connectivity index is 1.91. The minimum atomic E-state index is 0.430. The van der Waals surface area contributed by atoms with Crippen LogP contribution in [0.1, 0.15) is 39.0 Å². The number of hydrogen-bond donors (Lipinski definition) is 0. The third kappa shape index (κ3) is 3.24. The van der Waals surface area contributed by atoms with E-state index in [-0.39, 0.29) is 0 Å². The highest BCUT2D eigenvalue weighted by molar-refractivity contribution is 9.10. The van der Waals surface area contributed by atoms with Gasteiger partial charge in [-0.05, 0) is 49.4 Å². The minimum absolute atomic E-state index is 0.430. The lowest BCUT2D eigenvalue weighted by atomic mass is 9.85. The first kappa shape index (κ1) is 12.0. The van der Waals surface area contributed by atoms with Gasteiger partial charge in [0.05, 0.1) is 6.10 Å². The standard InChI is InChI=1S/C14H19BrO/c1-2-11-4-3-5-14(10-11)16-13-8-6-12(15)7-9-13/h6-9,11,14H,2-5,10H2,1H3. The second-order valence-corrected chi connectivity index (χ2v) is 5.55. The van der Waals surface area contributed by atoms with Crippen molar-refractivity contribution in [3.63, 3.8) is 0 Å². The van der Waals surface area contributed by atoms with Gasteiger partial charge < -0.3 is 4.74 Å². The largest absolute Gasteiger partial charge is 0.490 e. The summed E-state index contributed by atoms with van der Waals surface area (Å²) in [6.07, 6.45) is 6.87. The first-order valence-corrected chi connectivity index (χ1v) is 6.99. The Bertz CT molecular complexity index is 320. The summed E-state index contributed by atoms with van der Waals surface area (Å²) in [6, 6.07) is 8.16. The van der Waals surface area contributed by atoms with Crippen molar-refractivity contribution in [1.29, 1.82) is 0 Å². The van der Waals surface area contributed by atoms with Gasteiger partial charge in [-0.15, -0.1) is 0 Å². The maximum atomic E-state index is 6.02. The van der Waals surface area contributed by atoms with E-state index in [2.05, 4.69) is 22.9 Å². The monoisotopic (exact) mass is 282 g/mol. The second-order valence-electron chi connectivity index (χ2n) is 4.63. The SMILES string of the molecule is CCC1CCCC(Oc2ccc(Br)cc2)C1. The van der Waals surface area contributed by atoms with E-state index in [1.54, 1.807) is 0 Å².